The lowest BCUT2D eigenvalue weighted by Gasteiger charge is -2.13. The van der Waals surface area contributed by atoms with E-state index in [4.69, 9.17) is 9.15 Å². The second kappa shape index (κ2) is 5.77. The summed E-state index contributed by atoms with van der Waals surface area (Å²) in [5, 5.41) is 2.75. The number of rotatable bonds is 4. The third-order valence-corrected chi connectivity index (χ3v) is 2.94. The Kier molecular flexibility index (Phi) is 4.08. The molecule has 106 valence electrons. The summed E-state index contributed by atoms with van der Waals surface area (Å²) in [7, 11) is 1.43. The van der Waals surface area contributed by atoms with Gasteiger partial charge in [-0.3, -0.25) is 4.79 Å². The number of carbonyl (C=O) groups excluding carboxylic acids is 1. The molecule has 4 nitrogen and oxygen atoms in total. The van der Waals surface area contributed by atoms with Crippen molar-refractivity contribution >= 4 is 5.91 Å². The van der Waals surface area contributed by atoms with Crippen LogP contribution in [0.25, 0.3) is 0 Å². The summed E-state index contributed by atoms with van der Waals surface area (Å²) in [5.41, 5.74) is 0.155. The lowest BCUT2D eigenvalue weighted by Crippen LogP contribution is -2.26. The van der Waals surface area contributed by atoms with Crippen molar-refractivity contribution in [3.8, 4) is 5.75 Å². The lowest BCUT2D eigenvalue weighted by atomic mass is 10.1. The van der Waals surface area contributed by atoms with E-state index in [-0.39, 0.29) is 11.6 Å². The van der Waals surface area contributed by atoms with Gasteiger partial charge in [0.15, 0.2) is 0 Å². The number of carbonyl (C=O) groups is 1. The number of hydrogen-bond acceptors (Lipinski definition) is 3. The number of hydrogen-bond donors (Lipinski definition) is 1. The van der Waals surface area contributed by atoms with E-state index >= 15 is 0 Å². The maximum atomic E-state index is 13.3. The Hall–Kier alpha value is -2.30. The Morgan fingerprint density at radius 2 is 2.10 bits per heavy atom. The number of benzene rings is 1. The van der Waals surface area contributed by atoms with Crippen molar-refractivity contribution < 1.29 is 18.3 Å². The van der Waals surface area contributed by atoms with Crippen LogP contribution in [-0.2, 0) is 0 Å². The molecule has 0 radical (unpaired) electrons. The molecular weight excluding hydrogens is 261 g/mol. The van der Waals surface area contributed by atoms with Gasteiger partial charge in [-0.05, 0) is 44.2 Å². The fraction of sp³-hybridized carbons (Fsp3) is 0.267. The molecule has 2 rings (SSSR count). The summed E-state index contributed by atoms with van der Waals surface area (Å²) in [6.45, 7) is 3.62. The van der Waals surface area contributed by atoms with E-state index in [2.05, 4.69) is 5.32 Å². The summed E-state index contributed by atoms with van der Waals surface area (Å²) >= 11 is 0. The summed E-state index contributed by atoms with van der Waals surface area (Å²) in [6.07, 6.45) is 0. The van der Waals surface area contributed by atoms with Gasteiger partial charge in [0.05, 0.1) is 18.7 Å². The second-order valence-electron chi connectivity index (χ2n) is 4.49. The molecule has 0 bridgehead atoms. The predicted molar refractivity (Wildman–Crippen MR) is 72.3 cm³/mol. The molecule has 0 aliphatic heterocycles. The molecule has 20 heavy (non-hydrogen) atoms. The average molecular weight is 277 g/mol. The van der Waals surface area contributed by atoms with Crippen molar-refractivity contribution in [3.05, 3.63) is 53.2 Å². The van der Waals surface area contributed by atoms with Gasteiger partial charge >= 0.3 is 0 Å². The topological polar surface area (TPSA) is 51.5 Å². The molecule has 1 N–H and O–H groups in total. The number of nitrogens with one attached hydrogen (secondary N) is 1. The van der Waals surface area contributed by atoms with Gasteiger partial charge in [-0.1, -0.05) is 0 Å². The molecule has 0 aliphatic carbocycles. The van der Waals surface area contributed by atoms with E-state index < -0.39 is 11.7 Å². The molecule has 1 heterocycles. The zero-order valence-electron chi connectivity index (χ0n) is 11.6. The molecule has 0 saturated heterocycles. The van der Waals surface area contributed by atoms with Crippen molar-refractivity contribution in [2.24, 2.45) is 0 Å². The molecule has 5 heteroatoms. The van der Waals surface area contributed by atoms with Crippen LogP contribution in [0.5, 0.6) is 5.75 Å². The van der Waals surface area contributed by atoms with Gasteiger partial charge in [-0.15, -0.1) is 0 Å². The van der Waals surface area contributed by atoms with Gasteiger partial charge in [0.2, 0.25) is 0 Å². The van der Waals surface area contributed by atoms with Crippen molar-refractivity contribution in [3.63, 3.8) is 0 Å². The average Bonchev–Trinajstić information content (AvgIpc) is 2.85. The first-order valence-corrected chi connectivity index (χ1v) is 6.22. The SMILES string of the molecule is COc1ccc(F)cc1C(=O)NC(C)c1ccc(C)o1. The first-order chi connectivity index (χ1) is 9.51. The van der Waals surface area contributed by atoms with E-state index in [9.17, 15) is 9.18 Å². The van der Waals surface area contributed by atoms with Gasteiger partial charge < -0.3 is 14.5 Å². The number of halogens is 1. The zero-order chi connectivity index (χ0) is 14.7. The number of ether oxygens (including phenoxy) is 1. The standard InChI is InChI=1S/C15H16FNO3/c1-9-4-6-13(20-9)10(2)17-15(18)12-8-11(16)5-7-14(12)19-3/h4-8,10H,1-3H3,(H,17,18). The van der Waals surface area contributed by atoms with E-state index in [1.165, 1.54) is 19.2 Å². The van der Waals surface area contributed by atoms with Gasteiger partial charge in [0, 0.05) is 0 Å². The third-order valence-electron chi connectivity index (χ3n) is 2.94. The fourth-order valence-corrected chi connectivity index (χ4v) is 1.89. The quantitative estimate of drug-likeness (QED) is 0.933. The lowest BCUT2D eigenvalue weighted by molar-refractivity contribution is 0.0931. The Morgan fingerprint density at radius 3 is 2.70 bits per heavy atom. The number of amides is 1. The van der Waals surface area contributed by atoms with Crippen molar-refractivity contribution in [2.45, 2.75) is 19.9 Å². The Labute approximate surface area is 116 Å². The van der Waals surface area contributed by atoms with Crippen LogP contribution in [-0.4, -0.2) is 13.0 Å². The van der Waals surface area contributed by atoms with Crippen molar-refractivity contribution in [1.82, 2.24) is 5.32 Å². The molecule has 0 aliphatic rings. The predicted octanol–water partition coefficient (Wildman–Crippen LogP) is 3.23. The molecule has 0 spiro atoms. The molecule has 0 saturated carbocycles. The van der Waals surface area contributed by atoms with Crippen LogP contribution in [0.15, 0.2) is 34.7 Å². The highest BCUT2D eigenvalue weighted by Crippen LogP contribution is 2.21. The first kappa shape index (κ1) is 14.1. The van der Waals surface area contributed by atoms with Gasteiger partial charge in [-0.2, -0.15) is 0 Å². The van der Waals surface area contributed by atoms with Crippen molar-refractivity contribution in [2.75, 3.05) is 7.11 Å². The maximum absolute atomic E-state index is 13.3. The van der Waals surface area contributed by atoms with Crippen molar-refractivity contribution in [1.29, 1.82) is 0 Å². The van der Waals surface area contributed by atoms with E-state index in [0.29, 0.717) is 11.5 Å². The number of furan rings is 1. The highest BCUT2D eigenvalue weighted by atomic mass is 19.1. The smallest absolute Gasteiger partial charge is 0.255 e. The van der Waals surface area contributed by atoms with Gasteiger partial charge in [0.1, 0.15) is 23.1 Å². The molecular formula is C15H16FNO3. The number of methoxy groups -OCH3 is 1. The largest absolute Gasteiger partial charge is 0.496 e. The van der Waals surface area contributed by atoms with Crippen LogP contribution < -0.4 is 10.1 Å². The summed E-state index contributed by atoms with van der Waals surface area (Å²) < 4.78 is 23.8. The van der Waals surface area contributed by atoms with Crippen LogP contribution in [0.1, 0.15) is 34.8 Å². The van der Waals surface area contributed by atoms with Gasteiger partial charge in [0.25, 0.3) is 5.91 Å². The minimum atomic E-state index is -0.488. The summed E-state index contributed by atoms with van der Waals surface area (Å²) in [4.78, 5) is 12.2. The Morgan fingerprint density at radius 1 is 1.35 bits per heavy atom. The highest BCUT2D eigenvalue weighted by Gasteiger charge is 2.18. The van der Waals surface area contributed by atoms with Crippen LogP contribution in [0.4, 0.5) is 4.39 Å². The molecule has 1 unspecified atom stereocenters. The summed E-state index contributed by atoms with van der Waals surface area (Å²) in [6, 6.07) is 7.11. The highest BCUT2D eigenvalue weighted by molar-refractivity contribution is 5.97. The molecule has 0 fully saturated rings. The molecule has 1 aromatic carbocycles. The fourth-order valence-electron chi connectivity index (χ4n) is 1.89. The molecule has 1 atom stereocenters. The number of aryl methyl sites for hydroxylation is 1. The van der Waals surface area contributed by atoms with E-state index in [1.807, 2.05) is 13.0 Å². The van der Waals surface area contributed by atoms with E-state index in [0.717, 1.165) is 11.8 Å². The van der Waals surface area contributed by atoms with Crippen LogP contribution in [0, 0.1) is 12.7 Å². The van der Waals surface area contributed by atoms with E-state index in [1.54, 1.807) is 13.0 Å². The molecule has 1 amide bonds. The Balaban J connectivity index is 2.18. The zero-order valence-corrected chi connectivity index (χ0v) is 11.6. The van der Waals surface area contributed by atoms with Gasteiger partial charge in [-0.25, -0.2) is 4.39 Å². The minimum Gasteiger partial charge on any atom is -0.496 e. The second-order valence-corrected chi connectivity index (χ2v) is 4.49. The first-order valence-electron chi connectivity index (χ1n) is 6.22. The third kappa shape index (κ3) is 2.99. The summed E-state index contributed by atoms with van der Waals surface area (Å²) in [5.74, 6) is 0.836. The molecule has 1 aromatic heterocycles. The molecule has 2 aromatic rings. The van der Waals surface area contributed by atoms with Crippen LogP contribution in [0.2, 0.25) is 0 Å². The minimum absolute atomic E-state index is 0.155. The Bertz CT molecular complexity index is 621. The monoisotopic (exact) mass is 277 g/mol. The normalized spacial score (nSPS) is 12.0. The van der Waals surface area contributed by atoms with Crippen LogP contribution in [0.3, 0.4) is 0 Å². The maximum Gasteiger partial charge on any atom is 0.255 e. The van der Waals surface area contributed by atoms with Crippen LogP contribution >= 0.6 is 0 Å².